The van der Waals surface area contributed by atoms with Crippen LogP contribution >= 0.6 is 0 Å². The lowest BCUT2D eigenvalue weighted by molar-refractivity contribution is 0.368. The lowest BCUT2D eigenvalue weighted by Crippen LogP contribution is -2.30. The Labute approximate surface area is 127 Å². The summed E-state index contributed by atoms with van der Waals surface area (Å²) in [5.41, 5.74) is 1.29. The minimum atomic E-state index is -3.12. The number of rotatable bonds is 4. The number of benzene rings is 1. The summed E-state index contributed by atoms with van der Waals surface area (Å²) >= 11 is 0. The molecule has 0 radical (unpaired) electrons. The zero-order valence-electron chi connectivity index (χ0n) is 12.5. The van der Waals surface area contributed by atoms with E-state index in [9.17, 15) is 8.42 Å². The predicted molar refractivity (Wildman–Crippen MR) is 85.6 cm³/mol. The van der Waals surface area contributed by atoms with Crippen LogP contribution in [0.3, 0.4) is 0 Å². The minimum absolute atomic E-state index is 0.238. The molecular formula is C17H23NO2S. The van der Waals surface area contributed by atoms with Crippen LogP contribution in [0.4, 0.5) is 0 Å². The molecule has 3 atom stereocenters. The Morgan fingerprint density at radius 3 is 2.67 bits per heavy atom. The second-order valence-electron chi connectivity index (χ2n) is 6.12. The summed E-state index contributed by atoms with van der Waals surface area (Å²) < 4.78 is 26.8. The molecule has 0 spiro atoms. The fourth-order valence-corrected chi connectivity index (χ4v) is 5.60. The smallest absolute Gasteiger partial charge is 0.212 e. The summed E-state index contributed by atoms with van der Waals surface area (Å²) in [6.45, 7) is 3.47. The molecular weight excluding hydrogens is 282 g/mol. The van der Waals surface area contributed by atoms with Gasteiger partial charge in [-0.2, -0.15) is 0 Å². The highest BCUT2D eigenvalue weighted by Crippen LogP contribution is 2.40. The van der Waals surface area contributed by atoms with Crippen LogP contribution in [0.25, 0.3) is 0 Å². The number of hydrogen-bond donors (Lipinski definition) is 0. The Kier molecular flexibility index (Phi) is 4.18. The van der Waals surface area contributed by atoms with E-state index in [4.69, 9.17) is 0 Å². The van der Waals surface area contributed by atoms with E-state index >= 15 is 0 Å². The number of sulfonamides is 1. The van der Waals surface area contributed by atoms with Crippen molar-refractivity contribution in [2.75, 3.05) is 13.1 Å². The monoisotopic (exact) mass is 305 g/mol. The number of fused-ring (bicyclic) bond motifs is 1. The Balaban J connectivity index is 1.79. The summed E-state index contributed by atoms with van der Waals surface area (Å²) in [5, 5.41) is -0.297. The van der Waals surface area contributed by atoms with Crippen molar-refractivity contribution in [1.29, 1.82) is 0 Å². The van der Waals surface area contributed by atoms with Crippen LogP contribution in [0.5, 0.6) is 0 Å². The second-order valence-corrected chi connectivity index (χ2v) is 8.21. The largest absolute Gasteiger partial charge is 0.220 e. The molecule has 1 saturated heterocycles. The van der Waals surface area contributed by atoms with Crippen LogP contribution < -0.4 is 0 Å². The molecule has 114 valence electrons. The van der Waals surface area contributed by atoms with E-state index in [-0.39, 0.29) is 11.2 Å². The quantitative estimate of drug-likeness (QED) is 0.801. The van der Waals surface area contributed by atoms with Gasteiger partial charge in [0, 0.05) is 19.0 Å². The van der Waals surface area contributed by atoms with E-state index in [0.29, 0.717) is 19.0 Å². The van der Waals surface area contributed by atoms with Crippen molar-refractivity contribution in [3.8, 4) is 0 Å². The van der Waals surface area contributed by atoms with Crippen LogP contribution in [0.15, 0.2) is 42.5 Å². The fraction of sp³-hybridized carbons (Fsp3) is 0.529. The van der Waals surface area contributed by atoms with Crippen LogP contribution in [-0.2, 0) is 10.0 Å². The number of allylic oxidation sites excluding steroid dienone is 1. The van der Waals surface area contributed by atoms with Crippen molar-refractivity contribution in [2.24, 2.45) is 5.92 Å². The van der Waals surface area contributed by atoms with Crippen molar-refractivity contribution < 1.29 is 8.42 Å². The standard InChI is InChI=1S/C17H23NO2S/c1-2-3-11-18-13-16-12-15(14-7-5-4-6-8-14)9-10-17(16)21(18,19)20/h4-10,15-17H,2-3,11-13H2,1H3/t15-,16+,17+/m1/s1. The first-order valence-corrected chi connectivity index (χ1v) is 9.35. The van der Waals surface area contributed by atoms with Gasteiger partial charge < -0.3 is 0 Å². The maximum Gasteiger partial charge on any atom is 0.220 e. The maximum absolute atomic E-state index is 12.6. The fourth-order valence-electron chi connectivity index (χ4n) is 3.50. The van der Waals surface area contributed by atoms with Gasteiger partial charge in [-0.05, 0) is 24.3 Å². The molecule has 1 aliphatic heterocycles. The van der Waals surface area contributed by atoms with Gasteiger partial charge in [-0.1, -0.05) is 55.8 Å². The van der Waals surface area contributed by atoms with Gasteiger partial charge in [0.05, 0.1) is 5.25 Å². The second kappa shape index (κ2) is 5.93. The van der Waals surface area contributed by atoms with Gasteiger partial charge in [0.15, 0.2) is 0 Å². The zero-order valence-corrected chi connectivity index (χ0v) is 13.3. The Morgan fingerprint density at radius 2 is 1.95 bits per heavy atom. The predicted octanol–water partition coefficient (Wildman–Crippen LogP) is 3.16. The van der Waals surface area contributed by atoms with E-state index in [1.54, 1.807) is 4.31 Å². The maximum atomic E-state index is 12.6. The molecule has 0 unspecified atom stereocenters. The van der Waals surface area contributed by atoms with Crippen molar-refractivity contribution in [3.05, 3.63) is 48.0 Å². The van der Waals surface area contributed by atoms with E-state index in [1.807, 2.05) is 24.3 Å². The van der Waals surface area contributed by atoms with Gasteiger partial charge in [-0.3, -0.25) is 0 Å². The lowest BCUT2D eigenvalue weighted by atomic mass is 9.82. The molecule has 2 aliphatic rings. The topological polar surface area (TPSA) is 37.4 Å². The summed E-state index contributed by atoms with van der Waals surface area (Å²) in [5.74, 6) is 0.593. The molecule has 21 heavy (non-hydrogen) atoms. The number of nitrogens with zero attached hydrogens (tertiary/aromatic N) is 1. The molecule has 0 bridgehead atoms. The molecule has 4 heteroatoms. The molecule has 0 aromatic heterocycles. The molecule has 1 fully saturated rings. The molecule has 0 amide bonds. The normalized spacial score (nSPS) is 31.2. The van der Waals surface area contributed by atoms with Crippen LogP contribution in [0.1, 0.15) is 37.7 Å². The van der Waals surface area contributed by atoms with E-state index in [2.05, 4.69) is 25.1 Å². The van der Waals surface area contributed by atoms with Gasteiger partial charge in [0.2, 0.25) is 10.0 Å². The average molecular weight is 305 g/mol. The lowest BCUT2D eigenvalue weighted by Gasteiger charge is -2.24. The van der Waals surface area contributed by atoms with E-state index in [0.717, 1.165) is 19.3 Å². The number of hydrogen-bond acceptors (Lipinski definition) is 2. The van der Waals surface area contributed by atoms with Crippen molar-refractivity contribution >= 4 is 10.0 Å². The summed E-state index contributed by atoms with van der Waals surface area (Å²) in [6, 6.07) is 10.4. The molecule has 3 nitrogen and oxygen atoms in total. The van der Waals surface area contributed by atoms with Crippen molar-refractivity contribution in [1.82, 2.24) is 4.31 Å². The highest BCUT2D eigenvalue weighted by molar-refractivity contribution is 7.90. The molecule has 1 aliphatic carbocycles. The van der Waals surface area contributed by atoms with E-state index < -0.39 is 10.0 Å². The highest BCUT2D eigenvalue weighted by Gasteiger charge is 2.46. The van der Waals surface area contributed by atoms with Gasteiger partial charge >= 0.3 is 0 Å². The van der Waals surface area contributed by atoms with Crippen LogP contribution in [0.2, 0.25) is 0 Å². The Bertz CT molecular complexity index is 609. The zero-order chi connectivity index (χ0) is 14.9. The first kappa shape index (κ1) is 14.8. The van der Waals surface area contributed by atoms with Crippen LogP contribution in [0, 0.1) is 5.92 Å². The molecule has 1 aromatic carbocycles. The van der Waals surface area contributed by atoms with Gasteiger partial charge in [-0.25, -0.2) is 12.7 Å². The third-order valence-corrected chi connectivity index (χ3v) is 6.97. The van der Waals surface area contributed by atoms with Crippen LogP contribution in [-0.4, -0.2) is 31.1 Å². The Morgan fingerprint density at radius 1 is 1.19 bits per heavy atom. The van der Waals surface area contributed by atoms with Gasteiger partial charge in [0.25, 0.3) is 0 Å². The molecule has 0 saturated carbocycles. The summed E-state index contributed by atoms with van der Waals surface area (Å²) in [4.78, 5) is 0. The van der Waals surface area contributed by atoms with Gasteiger partial charge in [0.1, 0.15) is 0 Å². The number of unbranched alkanes of at least 4 members (excludes halogenated alkanes) is 1. The van der Waals surface area contributed by atoms with Crippen molar-refractivity contribution in [2.45, 2.75) is 37.4 Å². The molecule has 1 aromatic rings. The minimum Gasteiger partial charge on any atom is -0.212 e. The van der Waals surface area contributed by atoms with Gasteiger partial charge in [-0.15, -0.1) is 0 Å². The molecule has 0 N–H and O–H groups in total. The summed E-state index contributed by atoms with van der Waals surface area (Å²) in [7, 11) is -3.12. The van der Waals surface area contributed by atoms with E-state index in [1.165, 1.54) is 5.56 Å². The third kappa shape index (κ3) is 2.79. The SMILES string of the molecule is CCCCN1C[C@@H]2C[C@H](c3ccccc3)C=C[C@@H]2S1(=O)=O. The highest BCUT2D eigenvalue weighted by atomic mass is 32.2. The third-order valence-electron chi connectivity index (χ3n) is 4.69. The average Bonchev–Trinajstić information content (AvgIpc) is 2.76. The van der Waals surface area contributed by atoms with Crippen molar-refractivity contribution in [3.63, 3.8) is 0 Å². The first-order valence-electron chi connectivity index (χ1n) is 7.85. The molecule has 3 rings (SSSR count). The first-order chi connectivity index (χ1) is 10.1. The summed E-state index contributed by atoms with van der Waals surface area (Å²) in [6.07, 6.45) is 6.95. The Hall–Kier alpha value is -1.13. The molecule has 1 heterocycles.